The minimum atomic E-state index is -0.475. The fourth-order valence-electron chi connectivity index (χ4n) is 3.10. The van der Waals surface area contributed by atoms with Gasteiger partial charge in [-0.05, 0) is 26.2 Å². The molecule has 0 saturated carbocycles. The summed E-state index contributed by atoms with van der Waals surface area (Å²) in [4.78, 5) is 6.80. The molecule has 1 aliphatic heterocycles. The normalized spacial score (nSPS) is 17.3. The Bertz CT molecular complexity index is 741. The van der Waals surface area contributed by atoms with Crippen LogP contribution in [0.5, 0.6) is 0 Å². The number of rotatable bonds is 12. The van der Waals surface area contributed by atoms with Gasteiger partial charge in [0.15, 0.2) is 0 Å². The molecule has 1 heterocycles. The highest BCUT2D eigenvalue weighted by atomic mass is 16.3. The summed E-state index contributed by atoms with van der Waals surface area (Å²) in [6.07, 6.45) is 11.2. The Morgan fingerprint density at radius 3 is 2.60 bits per heavy atom. The maximum Gasteiger partial charge on any atom is 0.0953 e. The molecule has 3 N–H and O–H groups in total. The van der Waals surface area contributed by atoms with Crippen LogP contribution in [0.4, 0.5) is 0 Å². The first-order valence-corrected chi connectivity index (χ1v) is 10.6. The van der Waals surface area contributed by atoms with Crippen LogP contribution in [-0.4, -0.2) is 65.9 Å². The van der Waals surface area contributed by atoms with E-state index in [0.29, 0.717) is 29.4 Å². The fraction of sp³-hybridized carbons (Fsp3) is 0.522. The predicted molar refractivity (Wildman–Crippen MR) is 128 cm³/mol. The van der Waals surface area contributed by atoms with Crippen molar-refractivity contribution in [3.63, 3.8) is 0 Å². The monoisotopic (exact) mass is 414 g/mol. The van der Waals surface area contributed by atoms with Crippen molar-refractivity contribution >= 4 is 18.1 Å². The van der Waals surface area contributed by atoms with Gasteiger partial charge in [0, 0.05) is 56.4 Å². The van der Waals surface area contributed by atoms with E-state index >= 15 is 0 Å². The third kappa shape index (κ3) is 7.30. The summed E-state index contributed by atoms with van der Waals surface area (Å²) in [6.45, 7) is 12.7. The van der Waals surface area contributed by atoms with Crippen molar-refractivity contribution in [2.75, 3.05) is 20.6 Å². The molecule has 0 aromatic heterocycles. The number of hydrazone groups is 1. The van der Waals surface area contributed by atoms with Gasteiger partial charge in [-0.15, -0.1) is 0 Å². The second-order valence-corrected chi connectivity index (χ2v) is 7.40. The van der Waals surface area contributed by atoms with Crippen molar-refractivity contribution in [1.82, 2.24) is 15.2 Å². The highest BCUT2D eigenvalue weighted by Gasteiger charge is 2.20. The third-order valence-electron chi connectivity index (χ3n) is 4.86. The molecule has 0 aliphatic carbocycles. The van der Waals surface area contributed by atoms with Gasteiger partial charge in [-0.3, -0.25) is 5.01 Å². The maximum atomic E-state index is 9.44. The van der Waals surface area contributed by atoms with E-state index in [4.69, 9.17) is 10.4 Å². The zero-order valence-corrected chi connectivity index (χ0v) is 19.3. The van der Waals surface area contributed by atoms with Gasteiger partial charge in [0.05, 0.1) is 29.4 Å². The van der Waals surface area contributed by atoms with Crippen molar-refractivity contribution in [3.8, 4) is 0 Å². The molecule has 1 aliphatic rings. The zero-order valence-electron chi connectivity index (χ0n) is 19.3. The van der Waals surface area contributed by atoms with E-state index < -0.39 is 6.10 Å². The predicted octanol–water partition coefficient (Wildman–Crippen LogP) is 3.67. The van der Waals surface area contributed by atoms with Crippen LogP contribution in [0.3, 0.4) is 0 Å². The molecule has 0 radical (unpaired) electrons. The first kappa shape index (κ1) is 25.4. The maximum absolute atomic E-state index is 9.44. The van der Waals surface area contributed by atoms with Crippen LogP contribution in [0.25, 0.3) is 0 Å². The molecule has 0 spiro atoms. The standard InChI is InChI=1S/C23H38N6O/c1-8-11-22-23(17(4)13-26-29(7)20(9-2)10-3)27-21(16-28(22)6)19(12-24)15-25-14-18(5)30/h11-13,15-16,18,20,24-25,30H,4,8-10,14H2,1-3,5-7H3/b19-15+,22-11-,24-12?,26-13-/t18-/m1/s1. The second-order valence-electron chi connectivity index (χ2n) is 7.40. The molecule has 0 aromatic rings. The molecule has 30 heavy (non-hydrogen) atoms. The van der Waals surface area contributed by atoms with Crippen LogP contribution in [0, 0.1) is 5.41 Å². The second kappa shape index (κ2) is 12.8. The van der Waals surface area contributed by atoms with Crippen molar-refractivity contribution in [3.05, 3.63) is 47.6 Å². The highest BCUT2D eigenvalue weighted by molar-refractivity contribution is 6.24. The van der Waals surface area contributed by atoms with Gasteiger partial charge in [-0.1, -0.05) is 33.4 Å². The molecular formula is C23H38N6O. The summed E-state index contributed by atoms with van der Waals surface area (Å²) in [5.41, 5.74) is 3.68. The summed E-state index contributed by atoms with van der Waals surface area (Å²) in [5, 5.41) is 26.8. The van der Waals surface area contributed by atoms with Crippen LogP contribution >= 0.6 is 0 Å². The summed E-state index contributed by atoms with van der Waals surface area (Å²) >= 11 is 0. The Kier molecular flexibility index (Phi) is 10.8. The molecule has 0 bridgehead atoms. The van der Waals surface area contributed by atoms with Crippen LogP contribution in [0.1, 0.15) is 47.0 Å². The Morgan fingerprint density at radius 1 is 1.40 bits per heavy atom. The average Bonchev–Trinajstić information content (AvgIpc) is 2.71. The first-order valence-electron chi connectivity index (χ1n) is 10.6. The van der Waals surface area contributed by atoms with E-state index in [-0.39, 0.29) is 0 Å². The van der Waals surface area contributed by atoms with Crippen molar-refractivity contribution in [2.45, 2.75) is 59.1 Å². The quantitative estimate of drug-likeness (QED) is 0.336. The minimum absolute atomic E-state index is 0.388. The number of hydrogen-bond acceptors (Lipinski definition) is 7. The summed E-state index contributed by atoms with van der Waals surface area (Å²) in [7, 11) is 3.94. The number of nitrogens with one attached hydrogen (secondary N) is 2. The first-order chi connectivity index (χ1) is 14.3. The van der Waals surface area contributed by atoms with Crippen LogP contribution < -0.4 is 5.32 Å². The molecule has 7 nitrogen and oxygen atoms in total. The molecular weight excluding hydrogens is 376 g/mol. The molecule has 1 rings (SSSR count). The number of aliphatic imine (C=N–C) groups is 1. The van der Waals surface area contributed by atoms with Gasteiger partial charge in [-0.25, -0.2) is 4.99 Å². The lowest BCUT2D eigenvalue weighted by atomic mass is 10.1. The Labute approximate surface area is 181 Å². The van der Waals surface area contributed by atoms with Gasteiger partial charge in [0.25, 0.3) is 0 Å². The molecule has 1 atom stereocenters. The number of hydrogen-bond donors (Lipinski definition) is 3. The average molecular weight is 415 g/mol. The Hall–Kier alpha value is -2.67. The number of aliphatic hydroxyl groups is 1. The Balaban J connectivity index is 3.22. The van der Waals surface area contributed by atoms with E-state index in [2.05, 4.69) is 43.8 Å². The SMILES string of the molecule is C=C(/C=N\N(C)C(CC)CC)C1=NC(/C(C=N)=C/NC[C@@H](C)O)=CN(C)/C1=C\CC. The van der Waals surface area contributed by atoms with Gasteiger partial charge in [0.1, 0.15) is 0 Å². The van der Waals surface area contributed by atoms with Crippen LogP contribution in [-0.2, 0) is 0 Å². The number of nitrogens with zero attached hydrogens (tertiary/aromatic N) is 4. The minimum Gasteiger partial charge on any atom is -0.392 e. The fourth-order valence-corrected chi connectivity index (χ4v) is 3.10. The van der Waals surface area contributed by atoms with Crippen LogP contribution in [0.15, 0.2) is 57.7 Å². The molecule has 0 fully saturated rings. The van der Waals surface area contributed by atoms with Gasteiger partial charge in [-0.2, -0.15) is 5.10 Å². The topological polar surface area (TPSA) is 87.3 Å². The number of allylic oxidation sites excluding steroid dienone is 3. The summed E-state index contributed by atoms with van der Waals surface area (Å²) < 4.78 is 0. The Morgan fingerprint density at radius 2 is 2.07 bits per heavy atom. The zero-order chi connectivity index (χ0) is 22.7. The molecule has 0 aromatic carbocycles. The molecule has 166 valence electrons. The van der Waals surface area contributed by atoms with Gasteiger partial charge < -0.3 is 20.7 Å². The molecule has 7 heteroatoms. The van der Waals surface area contributed by atoms with Gasteiger partial charge >= 0.3 is 0 Å². The lowest BCUT2D eigenvalue weighted by molar-refractivity contribution is 0.196. The van der Waals surface area contributed by atoms with Gasteiger partial charge in [0.2, 0.25) is 0 Å². The lowest BCUT2D eigenvalue weighted by Gasteiger charge is -2.27. The molecule has 0 unspecified atom stereocenters. The van der Waals surface area contributed by atoms with Crippen molar-refractivity contribution in [1.29, 1.82) is 5.41 Å². The summed E-state index contributed by atoms with van der Waals surface area (Å²) in [5.74, 6) is 0. The van der Waals surface area contributed by atoms with E-state index in [1.54, 1.807) is 19.3 Å². The molecule has 0 saturated heterocycles. The summed E-state index contributed by atoms with van der Waals surface area (Å²) in [6, 6.07) is 0.388. The smallest absolute Gasteiger partial charge is 0.0953 e. The van der Waals surface area contributed by atoms with Crippen molar-refractivity contribution in [2.24, 2.45) is 10.1 Å². The lowest BCUT2D eigenvalue weighted by Crippen LogP contribution is -2.28. The van der Waals surface area contributed by atoms with E-state index in [1.165, 1.54) is 6.21 Å². The van der Waals surface area contributed by atoms with E-state index in [1.807, 2.05) is 30.2 Å². The molecule has 0 amide bonds. The van der Waals surface area contributed by atoms with E-state index in [9.17, 15) is 5.11 Å². The van der Waals surface area contributed by atoms with Crippen LogP contribution in [0.2, 0.25) is 0 Å². The van der Waals surface area contributed by atoms with E-state index in [0.717, 1.165) is 30.7 Å². The largest absolute Gasteiger partial charge is 0.392 e. The number of aliphatic hydroxyl groups excluding tert-OH is 1. The van der Waals surface area contributed by atoms with Crippen molar-refractivity contribution < 1.29 is 5.11 Å². The highest BCUT2D eigenvalue weighted by Crippen LogP contribution is 2.23. The third-order valence-corrected chi connectivity index (χ3v) is 4.86.